The minimum Gasteiger partial charge on any atom is -0.363 e. The third kappa shape index (κ3) is 3.02. The van der Waals surface area contributed by atoms with Crippen LogP contribution in [0.4, 0.5) is 5.69 Å². The molecule has 2 aliphatic heterocycles. The van der Waals surface area contributed by atoms with E-state index in [1.165, 1.54) is 17.7 Å². The predicted octanol–water partition coefficient (Wildman–Crippen LogP) is 4.14. The molecule has 2 aliphatic rings. The van der Waals surface area contributed by atoms with Crippen molar-refractivity contribution in [3.05, 3.63) is 71.5 Å². The standard InChI is InChI=1S/C23H23N3O2/c27-23(21-18-9-2-1-7-16(18)12-14-28-21)25-20-11-4-3-10-19(20)22-24-15-17-8-5-6-13-26(17)22/h1-4,7,9-11,15,21H,5-6,8,12-14H2,(H,25,27). The molecule has 0 fully saturated rings. The molecule has 0 radical (unpaired) electrons. The van der Waals surface area contributed by atoms with Crippen LogP contribution in [0.2, 0.25) is 0 Å². The summed E-state index contributed by atoms with van der Waals surface area (Å²) in [6.45, 7) is 1.54. The highest BCUT2D eigenvalue weighted by Gasteiger charge is 2.28. The second kappa shape index (κ2) is 7.24. The van der Waals surface area contributed by atoms with Crippen molar-refractivity contribution >= 4 is 11.6 Å². The van der Waals surface area contributed by atoms with Gasteiger partial charge in [-0.25, -0.2) is 4.98 Å². The minimum absolute atomic E-state index is 0.134. The van der Waals surface area contributed by atoms with Crippen LogP contribution in [0.15, 0.2) is 54.7 Å². The number of para-hydroxylation sites is 1. The zero-order chi connectivity index (χ0) is 18.9. The van der Waals surface area contributed by atoms with E-state index in [-0.39, 0.29) is 5.91 Å². The van der Waals surface area contributed by atoms with Crippen LogP contribution in [0.5, 0.6) is 0 Å². The fourth-order valence-corrected chi connectivity index (χ4v) is 4.25. The van der Waals surface area contributed by atoms with Crippen LogP contribution in [0, 0.1) is 0 Å². The molecule has 142 valence electrons. The smallest absolute Gasteiger partial charge is 0.258 e. The summed E-state index contributed by atoms with van der Waals surface area (Å²) >= 11 is 0. The lowest BCUT2D eigenvalue weighted by Gasteiger charge is -2.25. The van der Waals surface area contributed by atoms with Gasteiger partial charge in [-0.1, -0.05) is 36.4 Å². The van der Waals surface area contributed by atoms with Crippen molar-refractivity contribution in [2.45, 2.75) is 38.3 Å². The van der Waals surface area contributed by atoms with E-state index in [1.54, 1.807) is 0 Å². The van der Waals surface area contributed by atoms with E-state index in [0.717, 1.165) is 48.4 Å². The molecule has 5 nitrogen and oxygen atoms in total. The van der Waals surface area contributed by atoms with Gasteiger partial charge in [0, 0.05) is 24.0 Å². The van der Waals surface area contributed by atoms with Crippen molar-refractivity contribution in [1.29, 1.82) is 0 Å². The number of aromatic nitrogens is 2. The highest BCUT2D eigenvalue weighted by molar-refractivity contribution is 5.98. The summed E-state index contributed by atoms with van der Waals surface area (Å²) in [5.74, 6) is 0.792. The normalized spacial score (nSPS) is 18.2. The van der Waals surface area contributed by atoms with Crippen LogP contribution in [0.1, 0.15) is 35.8 Å². The van der Waals surface area contributed by atoms with Gasteiger partial charge >= 0.3 is 0 Å². The number of imidazole rings is 1. The quantitative estimate of drug-likeness (QED) is 0.751. The van der Waals surface area contributed by atoms with Crippen molar-refractivity contribution in [3.63, 3.8) is 0 Å². The number of nitrogens with one attached hydrogen (secondary N) is 1. The summed E-state index contributed by atoms with van der Waals surface area (Å²) in [7, 11) is 0. The lowest BCUT2D eigenvalue weighted by molar-refractivity contribution is -0.128. The van der Waals surface area contributed by atoms with Crippen LogP contribution in [0.3, 0.4) is 0 Å². The number of fused-ring (bicyclic) bond motifs is 2. The van der Waals surface area contributed by atoms with Crippen molar-refractivity contribution in [1.82, 2.24) is 9.55 Å². The molecule has 2 aromatic carbocycles. The van der Waals surface area contributed by atoms with E-state index < -0.39 is 6.10 Å². The molecular weight excluding hydrogens is 350 g/mol. The Labute approximate surface area is 164 Å². The number of rotatable bonds is 3. The molecule has 0 aliphatic carbocycles. The highest BCUT2D eigenvalue weighted by Crippen LogP contribution is 2.32. The van der Waals surface area contributed by atoms with Gasteiger partial charge in [0.25, 0.3) is 5.91 Å². The first-order chi connectivity index (χ1) is 13.8. The second-order valence-electron chi connectivity index (χ2n) is 7.42. The molecule has 1 atom stereocenters. The zero-order valence-electron chi connectivity index (χ0n) is 15.7. The van der Waals surface area contributed by atoms with Crippen LogP contribution in [-0.4, -0.2) is 22.1 Å². The molecule has 1 N–H and O–H groups in total. The average molecular weight is 373 g/mol. The van der Waals surface area contributed by atoms with E-state index in [4.69, 9.17) is 4.74 Å². The molecule has 0 saturated carbocycles. The first-order valence-corrected chi connectivity index (χ1v) is 9.95. The number of benzene rings is 2. The number of nitrogens with zero attached hydrogens (tertiary/aromatic N) is 2. The third-order valence-electron chi connectivity index (χ3n) is 5.66. The Morgan fingerprint density at radius 3 is 2.89 bits per heavy atom. The zero-order valence-corrected chi connectivity index (χ0v) is 15.7. The lowest BCUT2D eigenvalue weighted by Crippen LogP contribution is -2.28. The third-order valence-corrected chi connectivity index (χ3v) is 5.66. The fourth-order valence-electron chi connectivity index (χ4n) is 4.25. The molecule has 0 saturated heterocycles. The summed E-state index contributed by atoms with van der Waals surface area (Å²) in [6.07, 6.45) is 5.67. The monoisotopic (exact) mass is 373 g/mol. The van der Waals surface area contributed by atoms with Crippen LogP contribution in [-0.2, 0) is 28.9 Å². The van der Waals surface area contributed by atoms with E-state index in [2.05, 4.69) is 20.9 Å². The average Bonchev–Trinajstić information content (AvgIpc) is 3.18. The molecular formula is C23H23N3O2. The molecule has 1 amide bonds. The van der Waals surface area contributed by atoms with Crippen LogP contribution in [0.25, 0.3) is 11.4 Å². The molecule has 0 spiro atoms. The van der Waals surface area contributed by atoms with Crippen molar-refractivity contribution in [2.24, 2.45) is 0 Å². The Balaban J connectivity index is 1.46. The van der Waals surface area contributed by atoms with Gasteiger partial charge in [-0.15, -0.1) is 0 Å². The molecule has 3 aromatic rings. The first-order valence-electron chi connectivity index (χ1n) is 9.95. The number of amides is 1. The molecule has 3 heterocycles. The Kier molecular flexibility index (Phi) is 4.45. The Hall–Kier alpha value is -2.92. The number of anilines is 1. The molecule has 5 heteroatoms. The number of carbonyl (C=O) groups is 1. The van der Waals surface area contributed by atoms with Gasteiger partial charge in [0.1, 0.15) is 5.82 Å². The number of hydrogen-bond acceptors (Lipinski definition) is 3. The predicted molar refractivity (Wildman–Crippen MR) is 108 cm³/mol. The van der Waals surface area contributed by atoms with Gasteiger partial charge in [-0.2, -0.15) is 0 Å². The van der Waals surface area contributed by atoms with Gasteiger partial charge < -0.3 is 14.6 Å². The van der Waals surface area contributed by atoms with E-state index >= 15 is 0 Å². The summed E-state index contributed by atoms with van der Waals surface area (Å²) in [6, 6.07) is 15.9. The molecule has 0 bridgehead atoms. The van der Waals surface area contributed by atoms with Gasteiger partial charge in [0.15, 0.2) is 6.10 Å². The fraction of sp³-hybridized carbons (Fsp3) is 0.304. The maximum atomic E-state index is 13.1. The summed E-state index contributed by atoms with van der Waals surface area (Å²) < 4.78 is 8.11. The van der Waals surface area contributed by atoms with E-state index in [1.807, 2.05) is 48.7 Å². The molecule has 28 heavy (non-hydrogen) atoms. The van der Waals surface area contributed by atoms with Gasteiger partial charge in [0.05, 0.1) is 12.3 Å². The Bertz CT molecular complexity index is 1020. The molecule has 1 unspecified atom stereocenters. The van der Waals surface area contributed by atoms with Crippen molar-refractivity contribution < 1.29 is 9.53 Å². The topological polar surface area (TPSA) is 56.2 Å². The van der Waals surface area contributed by atoms with E-state index in [9.17, 15) is 4.79 Å². The van der Waals surface area contributed by atoms with Gasteiger partial charge in [-0.3, -0.25) is 4.79 Å². The number of hydrogen-bond donors (Lipinski definition) is 1. The Morgan fingerprint density at radius 1 is 1.07 bits per heavy atom. The minimum atomic E-state index is -0.577. The summed E-state index contributed by atoms with van der Waals surface area (Å²) in [5, 5.41) is 3.10. The molecule has 5 rings (SSSR count). The largest absolute Gasteiger partial charge is 0.363 e. The van der Waals surface area contributed by atoms with Crippen LogP contribution >= 0.6 is 0 Å². The highest BCUT2D eigenvalue weighted by atomic mass is 16.5. The van der Waals surface area contributed by atoms with Gasteiger partial charge in [0.2, 0.25) is 0 Å². The maximum absolute atomic E-state index is 13.1. The van der Waals surface area contributed by atoms with Crippen LogP contribution < -0.4 is 5.32 Å². The Morgan fingerprint density at radius 2 is 1.93 bits per heavy atom. The number of carbonyl (C=O) groups excluding carboxylic acids is 1. The molecule has 1 aromatic heterocycles. The number of ether oxygens (including phenoxy) is 1. The first kappa shape index (κ1) is 17.2. The number of aryl methyl sites for hydroxylation is 1. The van der Waals surface area contributed by atoms with Crippen molar-refractivity contribution in [3.8, 4) is 11.4 Å². The summed E-state index contributed by atoms with van der Waals surface area (Å²) in [5.41, 5.74) is 5.14. The summed E-state index contributed by atoms with van der Waals surface area (Å²) in [4.78, 5) is 17.7. The van der Waals surface area contributed by atoms with Crippen molar-refractivity contribution in [2.75, 3.05) is 11.9 Å². The van der Waals surface area contributed by atoms with Gasteiger partial charge in [-0.05, 0) is 48.9 Å². The lowest BCUT2D eigenvalue weighted by atomic mass is 9.97. The SMILES string of the molecule is O=C(Nc1ccccc1-c1ncc2n1CCCC2)C1OCCc2ccccc21. The maximum Gasteiger partial charge on any atom is 0.258 e. The van der Waals surface area contributed by atoms with E-state index in [0.29, 0.717) is 6.61 Å². The second-order valence-corrected chi connectivity index (χ2v) is 7.42.